The lowest BCUT2D eigenvalue weighted by molar-refractivity contribution is 0.0862. The first-order chi connectivity index (χ1) is 16.2. The van der Waals surface area contributed by atoms with Crippen molar-refractivity contribution in [1.29, 1.82) is 0 Å². The molecule has 4 nitrogen and oxygen atoms in total. The SMILES string of the molecule is C\C=C/C(OCCC)=C(C)\C(C)=C(/C)CN1C2CCC1CC(NC(=O)c1ccc(F)c(Cl)c1)C2. The Morgan fingerprint density at radius 1 is 1.21 bits per heavy atom. The van der Waals surface area contributed by atoms with Gasteiger partial charge in [0.2, 0.25) is 0 Å². The second-order valence-corrected chi connectivity index (χ2v) is 9.98. The zero-order valence-electron chi connectivity index (χ0n) is 21.1. The third-order valence-corrected chi connectivity index (χ3v) is 7.46. The van der Waals surface area contributed by atoms with Gasteiger partial charge in [0.05, 0.1) is 11.6 Å². The van der Waals surface area contributed by atoms with Crippen molar-refractivity contribution in [3.63, 3.8) is 0 Å². The first kappa shape index (κ1) is 26.5. The molecule has 2 saturated heterocycles. The van der Waals surface area contributed by atoms with Gasteiger partial charge in [-0.1, -0.05) is 30.2 Å². The van der Waals surface area contributed by atoms with Crippen molar-refractivity contribution in [2.75, 3.05) is 13.2 Å². The molecule has 0 radical (unpaired) electrons. The lowest BCUT2D eigenvalue weighted by Crippen LogP contribution is -2.50. The van der Waals surface area contributed by atoms with E-state index in [1.807, 2.05) is 19.1 Å². The number of piperidine rings is 1. The van der Waals surface area contributed by atoms with Gasteiger partial charge in [0.25, 0.3) is 5.91 Å². The lowest BCUT2D eigenvalue weighted by Gasteiger charge is -2.39. The standard InChI is InChI=1S/C28H38ClFN2O2/c1-6-8-27(34-13-7-2)20(5)19(4)18(3)17-32-23-10-11-24(32)16-22(15-23)31-28(33)21-9-12-26(30)25(29)14-21/h6,8-9,12,14,22-24H,7,10-11,13,15-17H2,1-5H3,(H,31,33)/b8-6-,19-18+,27-20+. The second kappa shape index (κ2) is 12.0. The molecule has 2 aliphatic rings. The molecule has 2 heterocycles. The van der Waals surface area contributed by atoms with Gasteiger partial charge in [-0.25, -0.2) is 4.39 Å². The minimum Gasteiger partial charge on any atom is -0.493 e. The highest BCUT2D eigenvalue weighted by Gasteiger charge is 2.41. The fourth-order valence-electron chi connectivity index (χ4n) is 5.10. The zero-order chi connectivity index (χ0) is 24.8. The third kappa shape index (κ3) is 6.31. The second-order valence-electron chi connectivity index (χ2n) is 9.57. The van der Waals surface area contributed by atoms with E-state index in [9.17, 15) is 9.18 Å². The van der Waals surface area contributed by atoms with Crippen molar-refractivity contribution in [2.45, 2.75) is 84.8 Å². The average molecular weight is 489 g/mol. The summed E-state index contributed by atoms with van der Waals surface area (Å²) in [5, 5.41) is 3.13. The number of fused-ring (bicyclic) bond motifs is 2. The molecule has 0 spiro atoms. The molecule has 1 aromatic rings. The van der Waals surface area contributed by atoms with Crippen LogP contribution in [0.2, 0.25) is 5.02 Å². The van der Waals surface area contributed by atoms with Gasteiger partial charge in [0.1, 0.15) is 11.6 Å². The van der Waals surface area contributed by atoms with E-state index in [1.54, 1.807) is 0 Å². The van der Waals surface area contributed by atoms with E-state index in [-0.39, 0.29) is 17.0 Å². The fraction of sp³-hybridized carbons (Fsp3) is 0.536. The van der Waals surface area contributed by atoms with Crippen molar-refractivity contribution >= 4 is 17.5 Å². The van der Waals surface area contributed by atoms with Gasteiger partial charge in [-0.3, -0.25) is 9.69 Å². The first-order valence-electron chi connectivity index (χ1n) is 12.4. The van der Waals surface area contributed by atoms with Crippen LogP contribution >= 0.6 is 11.6 Å². The molecule has 1 N–H and O–H groups in total. The highest BCUT2D eigenvalue weighted by Crippen LogP contribution is 2.37. The van der Waals surface area contributed by atoms with Crippen LogP contribution in [0.15, 0.2) is 52.8 Å². The molecule has 6 heteroatoms. The molecular formula is C28H38ClFN2O2. The van der Waals surface area contributed by atoms with Crippen LogP contribution in [0.3, 0.4) is 0 Å². The minimum atomic E-state index is -0.511. The molecule has 3 rings (SSSR count). The number of amides is 1. The Morgan fingerprint density at radius 3 is 2.47 bits per heavy atom. The number of carbonyl (C=O) groups is 1. The van der Waals surface area contributed by atoms with E-state index in [2.05, 4.69) is 37.9 Å². The fourth-order valence-corrected chi connectivity index (χ4v) is 5.28. The number of hydrogen-bond acceptors (Lipinski definition) is 3. The molecule has 0 aromatic heterocycles. The van der Waals surface area contributed by atoms with Crippen LogP contribution < -0.4 is 5.32 Å². The predicted octanol–water partition coefficient (Wildman–Crippen LogP) is 6.82. The summed E-state index contributed by atoms with van der Waals surface area (Å²) >= 11 is 5.85. The quantitative estimate of drug-likeness (QED) is 0.306. The largest absolute Gasteiger partial charge is 0.493 e. The van der Waals surface area contributed by atoms with Crippen LogP contribution in [0.1, 0.15) is 77.1 Å². The predicted molar refractivity (Wildman–Crippen MR) is 138 cm³/mol. The summed E-state index contributed by atoms with van der Waals surface area (Å²) < 4.78 is 19.4. The Bertz CT molecular complexity index is 971. The van der Waals surface area contributed by atoms with Gasteiger partial charge in [0.15, 0.2) is 0 Å². The maximum atomic E-state index is 13.4. The van der Waals surface area contributed by atoms with Gasteiger partial charge < -0.3 is 10.1 Å². The summed E-state index contributed by atoms with van der Waals surface area (Å²) in [6.45, 7) is 12.3. The smallest absolute Gasteiger partial charge is 0.251 e. The number of ether oxygens (including phenoxy) is 1. The molecule has 1 amide bonds. The Labute approximate surface area is 208 Å². The van der Waals surface area contributed by atoms with Crippen LogP contribution in [-0.2, 0) is 4.74 Å². The average Bonchev–Trinajstić information content (AvgIpc) is 3.04. The van der Waals surface area contributed by atoms with E-state index in [4.69, 9.17) is 16.3 Å². The Balaban J connectivity index is 1.66. The summed E-state index contributed by atoms with van der Waals surface area (Å²) in [5.41, 5.74) is 4.24. The van der Waals surface area contributed by atoms with Crippen molar-refractivity contribution in [3.8, 4) is 0 Å². The van der Waals surface area contributed by atoms with Gasteiger partial charge >= 0.3 is 0 Å². The van der Waals surface area contributed by atoms with Crippen LogP contribution in [0.5, 0.6) is 0 Å². The summed E-state index contributed by atoms with van der Waals surface area (Å²) in [7, 11) is 0. The number of benzene rings is 1. The number of rotatable bonds is 9. The molecule has 186 valence electrons. The van der Waals surface area contributed by atoms with Gasteiger partial charge in [0, 0.05) is 30.2 Å². The van der Waals surface area contributed by atoms with Gasteiger partial charge in [-0.05, 0) is 95.2 Å². The van der Waals surface area contributed by atoms with E-state index < -0.39 is 5.82 Å². The Morgan fingerprint density at radius 2 is 1.88 bits per heavy atom. The molecule has 2 aliphatic heterocycles. The van der Waals surface area contributed by atoms with Crippen LogP contribution in [0.4, 0.5) is 4.39 Å². The summed E-state index contributed by atoms with van der Waals surface area (Å²) in [4.78, 5) is 15.3. The Kier molecular flexibility index (Phi) is 9.38. The van der Waals surface area contributed by atoms with Crippen molar-refractivity contribution in [1.82, 2.24) is 10.2 Å². The number of hydrogen-bond donors (Lipinski definition) is 1. The van der Waals surface area contributed by atoms with Crippen LogP contribution in [0.25, 0.3) is 0 Å². The summed E-state index contributed by atoms with van der Waals surface area (Å²) in [6, 6.07) is 5.17. The molecule has 2 fully saturated rings. The monoisotopic (exact) mass is 488 g/mol. The molecule has 0 aliphatic carbocycles. The molecule has 1 aromatic carbocycles. The number of nitrogens with zero attached hydrogens (tertiary/aromatic N) is 1. The summed E-state index contributed by atoms with van der Waals surface area (Å²) in [5.74, 6) is 0.255. The first-order valence-corrected chi connectivity index (χ1v) is 12.8. The normalized spacial score (nSPS) is 24.1. The highest BCUT2D eigenvalue weighted by molar-refractivity contribution is 6.31. The third-order valence-electron chi connectivity index (χ3n) is 7.17. The van der Waals surface area contributed by atoms with Crippen molar-refractivity contribution < 1.29 is 13.9 Å². The van der Waals surface area contributed by atoms with E-state index in [0.717, 1.165) is 51.0 Å². The minimum absolute atomic E-state index is 0.0257. The maximum absolute atomic E-state index is 13.4. The molecule has 34 heavy (non-hydrogen) atoms. The Hall–Kier alpha value is -2.11. The number of nitrogens with one attached hydrogen (secondary N) is 1. The zero-order valence-corrected chi connectivity index (χ0v) is 21.8. The molecule has 2 atom stereocenters. The molecular weight excluding hydrogens is 451 g/mol. The number of allylic oxidation sites excluding steroid dienone is 4. The van der Waals surface area contributed by atoms with E-state index in [1.165, 1.54) is 34.9 Å². The topological polar surface area (TPSA) is 41.6 Å². The van der Waals surface area contributed by atoms with Crippen LogP contribution in [0, 0.1) is 5.82 Å². The van der Waals surface area contributed by atoms with Crippen molar-refractivity contribution in [2.24, 2.45) is 0 Å². The van der Waals surface area contributed by atoms with Gasteiger partial charge in [-0.2, -0.15) is 0 Å². The number of carbonyl (C=O) groups excluding carboxylic acids is 1. The highest BCUT2D eigenvalue weighted by atomic mass is 35.5. The molecule has 0 saturated carbocycles. The van der Waals surface area contributed by atoms with Crippen LogP contribution in [-0.4, -0.2) is 42.1 Å². The molecule has 2 unspecified atom stereocenters. The van der Waals surface area contributed by atoms with Gasteiger partial charge in [-0.15, -0.1) is 0 Å². The summed E-state index contributed by atoms with van der Waals surface area (Å²) in [6.07, 6.45) is 9.24. The number of halogens is 2. The van der Waals surface area contributed by atoms with E-state index >= 15 is 0 Å². The lowest BCUT2D eigenvalue weighted by atomic mass is 9.95. The maximum Gasteiger partial charge on any atom is 0.251 e. The van der Waals surface area contributed by atoms with Crippen molar-refractivity contribution in [3.05, 3.63) is 69.2 Å². The molecule has 2 bridgehead atoms. The van der Waals surface area contributed by atoms with E-state index in [0.29, 0.717) is 17.6 Å².